The van der Waals surface area contributed by atoms with E-state index < -0.39 is 21.5 Å². The number of nitrogens with one attached hydrogen (secondary N) is 1. The van der Waals surface area contributed by atoms with E-state index in [0.29, 0.717) is 10.9 Å². The second-order valence-electron chi connectivity index (χ2n) is 8.16. The monoisotopic (exact) mass is 482 g/mol. The lowest BCUT2D eigenvalue weighted by Gasteiger charge is -2.18. The molecule has 4 aromatic rings. The van der Waals surface area contributed by atoms with Crippen molar-refractivity contribution in [2.75, 3.05) is 11.1 Å². The van der Waals surface area contributed by atoms with E-state index in [-0.39, 0.29) is 4.90 Å². The Morgan fingerprint density at radius 2 is 1.84 bits per heavy atom. The summed E-state index contributed by atoms with van der Waals surface area (Å²) in [5.74, 6) is -0.524. The highest BCUT2D eigenvalue weighted by Gasteiger charge is 2.28. The molecule has 2 heterocycles. The number of para-hydroxylation sites is 1. The van der Waals surface area contributed by atoms with Crippen LogP contribution in [0.5, 0.6) is 0 Å². The molecule has 0 spiro atoms. The van der Waals surface area contributed by atoms with Gasteiger partial charge in [0.05, 0.1) is 15.1 Å². The lowest BCUT2D eigenvalue weighted by Crippen LogP contribution is -2.22. The molecule has 1 aliphatic rings. The number of thiophene rings is 1. The van der Waals surface area contributed by atoms with Gasteiger partial charge in [0.2, 0.25) is 5.91 Å². The van der Waals surface area contributed by atoms with Gasteiger partial charge in [0.15, 0.2) is 9.84 Å². The lowest BCUT2D eigenvalue weighted by atomic mass is 9.88. The molecule has 0 saturated carbocycles. The first-order chi connectivity index (χ1) is 15.4. The van der Waals surface area contributed by atoms with Crippen LogP contribution in [0.25, 0.3) is 20.8 Å². The van der Waals surface area contributed by atoms with Crippen molar-refractivity contribution in [3.8, 4) is 10.6 Å². The van der Waals surface area contributed by atoms with Gasteiger partial charge in [-0.2, -0.15) is 0 Å². The van der Waals surface area contributed by atoms with Crippen molar-refractivity contribution in [2.24, 2.45) is 5.92 Å². The van der Waals surface area contributed by atoms with E-state index in [0.717, 1.165) is 40.1 Å². The predicted octanol–water partition coefficient (Wildman–Crippen LogP) is 5.56. The van der Waals surface area contributed by atoms with Crippen LogP contribution in [0.3, 0.4) is 0 Å². The summed E-state index contributed by atoms with van der Waals surface area (Å²) in [5.41, 5.74) is 3.14. The van der Waals surface area contributed by atoms with Crippen molar-refractivity contribution in [2.45, 2.75) is 31.1 Å². The van der Waals surface area contributed by atoms with Crippen LogP contribution >= 0.6 is 22.7 Å². The molecule has 2 aromatic carbocycles. The molecular formula is C24H22N2O3S3. The van der Waals surface area contributed by atoms with E-state index in [1.54, 1.807) is 40.9 Å². The van der Waals surface area contributed by atoms with E-state index in [1.807, 2.05) is 24.3 Å². The summed E-state index contributed by atoms with van der Waals surface area (Å²) in [6.45, 7) is 2.24. The van der Waals surface area contributed by atoms with E-state index in [9.17, 15) is 13.2 Å². The Hall–Kier alpha value is -2.55. The first-order valence-electron chi connectivity index (χ1n) is 10.5. The van der Waals surface area contributed by atoms with Crippen LogP contribution in [0.4, 0.5) is 5.00 Å². The van der Waals surface area contributed by atoms with Gasteiger partial charge in [-0.05, 0) is 55.0 Å². The number of thiazole rings is 1. The second kappa shape index (κ2) is 8.42. The number of benzene rings is 2. The van der Waals surface area contributed by atoms with Gasteiger partial charge in [-0.25, -0.2) is 13.4 Å². The molecule has 5 nitrogen and oxygen atoms in total. The average Bonchev–Trinajstić information content (AvgIpc) is 3.33. The number of hydrogen-bond acceptors (Lipinski definition) is 6. The number of anilines is 1. The highest BCUT2D eigenvalue weighted by atomic mass is 32.2. The highest BCUT2D eigenvalue weighted by Crippen LogP contribution is 2.47. The largest absolute Gasteiger partial charge is 0.316 e. The number of nitrogens with zero attached hydrogens (tertiary/aromatic N) is 1. The van der Waals surface area contributed by atoms with Crippen LogP contribution in [0.2, 0.25) is 0 Å². The molecule has 1 atom stereocenters. The number of carbonyl (C=O) groups excluding carboxylic acids is 1. The van der Waals surface area contributed by atoms with Gasteiger partial charge in [0, 0.05) is 10.4 Å². The van der Waals surface area contributed by atoms with Gasteiger partial charge in [0.1, 0.15) is 15.8 Å². The molecule has 0 saturated heterocycles. The Morgan fingerprint density at radius 3 is 2.62 bits per heavy atom. The Balaban J connectivity index is 1.50. The fraction of sp³-hybridized carbons (Fsp3) is 0.250. The van der Waals surface area contributed by atoms with Crippen LogP contribution in [0.15, 0.2) is 59.5 Å². The molecule has 32 heavy (non-hydrogen) atoms. The minimum atomic E-state index is -3.71. The molecular weight excluding hydrogens is 460 g/mol. The van der Waals surface area contributed by atoms with Crippen molar-refractivity contribution in [1.82, 2.24) is 4.98 Å². The number of amides is 1. The maximum Gasteiger partial charge on any atom is 0.240 e. The number of carbonyl (C=O) groups is 1. The van der Waals surface area contributed by atoms with Crippen molar-refractivity contribution >= 4 is 53.6 Å². The van der Waals surface area contributed by atoms with Crippen molar-refractivity contribution < 1.29 is 13.2 Å². The molecule has 1 amide bonds. The number of fused-ring (bicyclic) bond motifs is 2. The van der Waals surface area contributed by atoms with E-state index in [2.05, 4.69) is 12.2 Å². The lowest BCUT2D eigenvalue weighted by molar-refractivity contribution is -0.113. The van der Waals surface area contributed by atoms with Crippen molar-refractivity contribution in [3.63, 3.8) is 0 Å². The summed E-state index contributed by atoms with van der Waals surface area (Å²) in [5, 5.41) is 4.50. The maximum absolute atomic E-state index is 12.8. The fourth-order valence-electron chi connectivity index (χ4n) is 4.09. The van der Waals surface area contributed by atoms with E-state index >= 15 is 0 Å². The molecule has 0 radical (unpaired) electrons. The first kappa shape index (κ1) is 21.3. The number of hydrogen-bond donors (Lipinski definition) is 1. The Bertz CT molecular complexity index is 1370. The van der Waals surface area contributed by atoms with Crippen LogP contribution in [0, 0.1) is 5.92 Å². The minimum absolute atomic E-state index is 0.154. The standard InChI is InChI=1S/C24H22N2O3S3/c1-15-11-12-17-20(13-15)31-24(22(17)23-25-18-9-5-6-10-19(18)30-23)26-21(27)14-32(28,29)16-7-3-2-4-8-16/h2-10,15H,11-14H2,1H3,(H,26,27)/t15-/m1/s1. The average molecular weight is 483 g/mol. The number of rotatable bonds is 5. The molecule has 0 aliphatic heterocycles. The second-order valence-corrected chi connectivity index (χ2v) is 12.3. The van der Waals surface area contributed by atoms with Crippen molar-refractivity contribution in [1.29, 1.82) is 0 Å². The zero-order valence-corrected chi connectivity index (χ0v) is 19.9. The molecule has 2 aromatic heterocycles. The maximum atomic E-state index is 12.8. The quantitative estimate of drug-likeness (QED) is 0.404. The Morgan fingerprint density at radius 1 is 1.09 bits per heavy atom. The number of sulfone groups is 1. The van der Waals surface area contributed by atoms with Crippen LogP contribution in [0.1, 0.15) is 23.8 Å². The van der Waals surface area contributed by atoms with Crippen LogP contribution in [-0.2, 0) is 27.5 Å². The third-order valence-corrected chi connectivity index (χ3v) is 9.55. The van der Waals surface area contributed by atoms with Crippen LogP contribution < -0.4 is 5.32 Å². The summed E-state index contributed by atoms with van der Waals surface area (Å²) in [6, 6.07) is 16.1. The SMILES string of the molecule is C[C@@H]1CCc2c(sc(NC(=O)CS(=O)(=O)c3ccccc3)c2-c2nc3ccccc3s2)C1. The zero-order valence-electron chi connectivity index (χ0n) is 17.5. The van der Waals surface area contributed by atoms with Gasteiger partial charge >= 0.3 is 0 Å². The summed E-state index contributed by atoms with van der Waals surface area (Å²) in [7, 11) is -3.71. The molecule has 0 unspecified atom stereocenters. The summed E-state index contributed by atoms with van der Waals surface area (Å²) >= 11 is 3.17. The summed E-state index contributed by atoms with van der Waals surface area (Å²) in [6.07, 6.45) is 3.00. The molecule has 8 heteroatoms. The predicted molar refractivity (Wildman–Crippen MR) is 131 cm³/mol. The molecule has 164 valence electrons. The van der Waals surface area contributed by atoms with Gasteiger partial charge in [-0.1, -0.05) is 37.3 Å². The van der Waals surface area contributed by atoms with E-state index in [1.165, 1.54) is 22.6 Å². The molecule has 0 fully saturated rings. The smallest absolute Gasteiger partial charge is 0.240 e. The zero-order chi connectivity index (χ0) is 22.3. The molecule has 1 aliphatic carbocycles. The number of aromatic nitrogens is 1. The highest BCUT2D eigenvalue weighted by molar-refractivity contribution is 7.92. The third-order valence-electron chi connectivity index (χ3n) is 5.70. The summed E-state index contributed by atoms with van der Waals surface area (Å²) < 4.78 is 26.4. The van der Waals surface area contributed by atoms with Gasteiger partial charge < -0.3 is 5.32 Å². The summed E-state index contributed by atoms with van der Waals surface area (Å²) in [4.78, 5) is 19.1. The van der Waals surface area contributed by atoms with Crippen LogP contribution in [-0.4, -0.2) is 25.1 Å². The van der Waals surface area contributed by atoms with Crippen molar-refractivity contribution in [3.05, 3.63) is 65.0 Å². The molecule has 5 rings (SSSR count). The Kier molecular flexibility index (Phi) is 5.61. The van der Waals surface area contributed by atoms with Gasteiger partial charge in [-0.3, -0.25) is 4.79 Å². The third kappa shape index (κ3) is 4.10. The molecule has 0 bridgehead atoms. The minimum Gasteiger partial charge on any atom is -0.316 e. The van der Waals surface area contributed by atoms with E-state index in [4.69, 9.17) is 4.98 Å². The first-order valence-corrected chi connectivity index (χ1v) is 13.8. The normalized spacial score (nSPS) is 16.1. The fourth-order valence-corrected chi connectivity index (χ4v) is 7.78. The van der Waals surface area contributed by atoms with Gasteiger partial charge in [0.25, 0.3) is 0 Å². The van der Waals surface area contributed by atoms with Gasteiger partial charge in [-0.15, -0.1) is 22.7 Å². The topological polar surface area (TPSA) is 76.1 Å². The Labute approximate surface area is 195 Å². The molecule has 1 N–H and O–H groups in total.